The highest BCUT2D eigenvalue weighted by Gasteiger charge is 2.58. The summed E-state index contributed by atoms with van der Waals surface area (Å²) in [4.78, 5) is 0. The van der Waals surface area contributed by atoms with Gasteiger partial charge in [-0.1, -0.05) is 42.5 Å². The number of fused-ring (bicyclic) bond motifs is 5. The zero-order valence-corrected chi connectivity index (χ0v) is 15.5. The van der Waals surface area contributed by atoms with Gasteiger partial charge in [0.25, 0.3) is 0 Å². The first-order valence-electron chi connectivity index (χ1n) is 8.55. The molecular formula is C19H25IO2. The molecule has 2 nitrogen and oxygen atoms in total. The Morgan fingerprint density at radius 2 is 2.09 bits per heavy atom. The van der Waals surface area contributed by atoms with Crippen LogP contribution >= 0.6 is 22.6 Å². The number of hydrogen-bond acceptors (Lipinski definition) is 2. The highest BCUT2D eigenvalue weighted by Crippen LogP contribution is 2.63. The second-order valence-corrected chi connectivity index (χ2v) is 9.70. The monoisotopic (exact) mass is 410 g/mol. The number of benzene rings is 1. The average Bonchev–Trinajstić information content (AvgIpc) is 2.70. The number of phenolic OH excluding ortho intramolecular Hbond substituents is 1. The molecule has 2 N–H and O–H groups in total. The lowest BCUT2D eigenvalue weighted by molar-refractivity contribution is -0.0342. The molecule has 0 bridgehead atoms. The van der Waals surface area contributed by atoms with Gasteiger partial charge in [0.2, 0.25) is 0 Å². The highest BCUT2D eigenvalue weighted by molar-refractivity contribution is 14.1. The maximum atomic E-state index is 10.7. The normalized spacial score (nSPS) is 46.7. The molecule has 3 aliphatic rings. The van der Waals surface area contributed by atoms with E-state index in [0.29, 0.717) is 33.3 Å². The Morgan fingerprint density at radius 1 is 1.32 bits per heavy atom. The van der Waals surface area contributed by atoms with E-state index in [1.165, 1.54) is 17.5 Å². The minimum absolute atomic E-state index is 0.107. The number of phenols is 1. The lowest BCUT2D eigenvalue weighted by Crippen LogP contribution is -2.47. The zero-order chi connectivity index (χ0) is 15.6. The van der Waals surface area contributed by atoms with Gasteiger partial charge in [0, 0.05) is 3.92 Å². The maximum absolute atomic E-state index is 10.7. The zero-order valence-electron chi connectivity index (χ0n) is 13.3. The molecule has 2 saturated carbocycles. The molecule has 3 heteroatoms. The van der Waals surface area contributed by atoms with Crippen molar-refractivity contribution in [3.05, 3.63) is 29.3 Å². The average molecular weight is 410 g/mol. The van der Waals surface area contributed by atoms with Crippen LogP contribution in [0.5, 0.6) is 5.75 Å². The standard InChI is InChI=1S/C19H25IO2/c1-10-7-11-8-12(21)3-4-13(11)14-5-6-19(2)15(17(10)14)9-16(20)18(19)22/h3-4,8,10,14-18,21-22H,5-7,9H2,1-2H3/t10-,14-,15+,16-,17-,18+,19+/m1/s1/i20-2. The van der Waals surface area contributed by atoms with Gasteiger partial charge in [-0.2, -0.15) is 0 Å². The first-order valence-corrected chi connectivity index (χ1v) is 9.80. The van der Waals surface area contributed by atoms with Crippen molar-refractivity contribution >= 4 is 22.6 Å². The number of aromatic hydroxyl groups is 1. The summed E-state index contributed by atoms with van der Waals surface area (Å²) in [5, 5.41) is 20.5. The fraction of sp³-hybridized carbons (Fsp3) is 0.684. The Balaban J connectivity index is 1.76. The quantitative estimate of drug-likeness (QED) is 0.496. The fourth-order valence-corrected chi connectivity index (χ4v) is 7.28. The Bertz CT molecular complexity index is 601. The van der Waals surface area contributed by atoms with E-state index in [2.05, 4.69) is 42.5 Å². The van der Waals surface area contributed by atoms with Crippen LogP contribution in [-0.4, -0.2) is 20.2 Å². The summed E-state index contributed by atoms with van der Waals surface area (Å²) in [6, 6.07) is 5.98. The van der Waals surface area contributed by atoms with Gasteiger partial charge in [-0.15, -0.1) is 0 Å². The van der Waals surface area contributed by atoms with Crippen molar-refractivity contribution in [2.24, 2.45) is 23.2 Å². The van der Waals surface area contributed by atoms with Gasteiger partial charge in [-0.25, -0.2) is 0 Å². The van der Waals surface area contributed by atoms with Gasteiger partial charge < -0.3 is 10.2 Å². The van der Waals surface area contributed by atoms with E-state index in [1.54, 1.807) is 0 Å². The molecule has 4 rings (SSSR count). The lowest BCUT2D eigenvalue weighted by atomic mass is 9.53. The Hall–Kier alpha value is -0.290. The van der Waals surface area contributed by atoms with E-state index in [4.69, 9.17) is 0 Å². The summed E-state index contributed by atoms with van der Waals surface area (Å²) in [6.07, 6.45) is 4.40. The number of hydrogen-bond donors (Lipinski definition) is 2. The Kier molecular flexibility index (Phi) is 3.54. The van der Waals surface area contributed by atoms with Crippen LogP contribution in [-0.2, 0) is 6.42 Å². The number of rotatable bonds is 0. The molecule has 0 heterocycles. The molecule has 22 heavy (non-hydrogen) atoms. The van der Waals surface area contributed by atoms with Crippen molar-refractivity contribution in [1.29, 1.82) is 0 Å². The largest absolute Gasteiger partial charge is 0.508 e. The van der Waals surface area contributed by atoms with Crippen LogP contribution in [0.4, 0.5) is 0 Å². The minimum atomic E-state index is -0.146. The first kappa shape index (κ1) is 15.3. The van der Waals surface area contributed by atoms with Crippen molar-refractivity contribution in [3.63, 3.8) is 0 Å². The lowest BCUT2D eigenvalue weighted by Gasteiger charge is -2.52. The van der Waals surface area contributed by atoms with Crippen LogP contribution < -0.4 is 0 Å². The van der Waals surface area contributed by atoms with Gasteiger partial charge >= 0.3 is 0 Å². The molecule has 1 aromatic carbocycles. The van der Waals surface area contributed by atoms with E-state index >= 15 is 0 Å². The summed E-state index contributed by atoms with van der Waals surface area (Å²) < 4.78 is 0.403. The van der Waals surface area contributed by atoms with Crippen LogP contribution in [0, 0.1) is 23.2 Å². The second-order valence-electron chi connectivity index (χ2n) is 8.10. The molecule has 7 atom stereocenters. The fourth-order valence-electron chi connectivity index (χ4n) is 5.91. The van der Waals surface area contributed by atoms with Crippen molar-refractivity contribution in [3.8, 4) is 5.75 Å². The van der Waals surface area contributed by atoms with Crippen LogP contribution in [0.15, 0.2) is 18.2 Å². The highest BCUT2D eigenvalue weighted by atomic mass is 125. The molecular weight excluding hydrogens is 385 g/mol. The van der Waals surface area contributed by atoms with Gasteiger partial charge in [0.15, 0.2) is 0 Å². The topological polar surface area (TPSA) is 40.5 Å². The van der Waals surface area contributed by atoms with Gasteiger partial charge in [0.1, 0.15) is 5.75 Å². The molecule has 0 aliphatic heterocycles. The smallest absolute Gasteiger partial charge is 0.115 e. The van der Waals surface area contributed by atoms with E-state index < -0.39 is 0 Å². The van der Waals surface area contributed by atoms with Gasteiger partial charge in [-0.05, 0) is 78.0 Å². The Labute approximate surface area is 146 Å². The number of alkyl halides is 1. The van der Waals surface area contributed by atoms with Gasteiger partial charge in [0.05, 0.1) is 6.10 Å². The summed E-state index contributed by atoms with van der Waals surface area (Å²) >= 11 is 2.46. The Morgan fingerprint density at radius 3 is 2.86 bits per heavy atom. The summed E-state index contributed by atoms with van der Waals surface area (Å²) in [7, 11) is 0. The molecule has 1 aromatic rings. The van der Waals surface area contributed by atoms with Crippen molar-refractivity contribution in [2.75, 3.05) is 0 Å². The van der Waals surface area contributed by atoms with E-state index in [-0.39, 0.29) is 11.5 Å². The number of aliphatic hydroxyl groups excluding tert-OH is 1. The van der Waals surface area contributed by atoms with Crippen LogP contribution in [0.2, 0.25) is 0 Å². The second kappa shape index (κ2) is 5.10. The van der Waals surface area contributed by atoms with Crippen molar-refractivity contribution < 1.29 is 10.2 Å². The summed E-state index contributed by atoms with van der Waals surface area (Å²) in [5.74, 6) is 2.98. The minimum Gasteiger partial charge on any atom is -0.508 e. The third kappa shape index (κ3) is 2.00. The first-order chi connectivity index (χ1) is 10.4. The van der Waals surface area contributed by atoms with E-state index in [0.717, 1.165) is 19.3 Å². The SMILES string of the molecule is C[C@@H]1Cc2cc(O)ccc2[C@H]2CC[C@]3(C)[C@@H](O)[C@H]([125I])C[C@H]3[C@H]12. The third-order valence-electron chi connectivity index (χ3n) is 6.99. The molecule has 120 valence electrons. The molecule has 0 radical (unpaired) electrons. The summed E-state index contributed by atoms with van der Waals surface area (Å²) in [5.41, 5.74) is 2.92. The van der Waals surface area contributed by atoms with Crippen LogP contribution in [0.25, 0.3) is 0 Å². The molecule has 0 amide bonds. The molecule has 0 saturated heterocycles. The van der Waals surface area contributed by atoms with E-state index in [1.807, 2.05) is 12.1 Å². The number of aliphatic hydroxyl groups is 1. The predicted molar refractivity (Wildman–Crippen MR) is 96.5 cm³/mol. The molecule has 0 spiro atoms. The van der Waals surface area contributed by atoms with Gasteiger partial charge in [-0.3, -0.25) is 0 Å². The van der Waals surface area contributed by atoms with Crippen molar-refractivity contribution in [2.45, 2.75) is 55.5 Å². The van der Waals surface area contributed by atoms with Crippen molar-refractivity contribution in [1.82, 2.24) is 0 Å². The number of halogens is 1. The van der Waals surface area contributed by atoms with E-state index in [9.17, 15) is 10.2 Å². The van der Waals surface area contributed by atoms with Crippen LogP contribution in [0.1, 0.15) is 50.2 Å². The maximum Gasteiger partial charge on any atom is 0.115 e. The summed E-state index contributed by atoms with van der Waals surface area (Å²) in [6.45, 7) is 4.71. The molecule has 2 fully saturated rings. The third-order valence-corrected chi connectivity index (χ3v) is 8.18. The predicted octanol–water partition coefficient (Wildman–Crippen LogP) is 4.27. The van der Waals surface area contributed by atoms with Crippen LogP contribution in [0.3, 0.4) is 0 Å². The molecule has 0 aromatic heterocycles. The molecule has 0 unspecified atom stereocenters. The molecule has 3 aliphatic carbocycles.